The Morgan fingerprint density at radius 1 is 1.12 bits per heavy atom. The highest BCUT2D eigenvalue weighted by Gasteiger charge is 2.15. The molecule has 0 unspecified atom stereocenters. The normalized spacial score (nSPS) is 12.4. The molecule has 0 fully saturated rings. The van der Waals surface area contributed by atoms with Gasteiger partial charge in [0, 0.05) is 29.2 Å². The molecule has 122 valence electrons. The second-order valence-corrected chi connectivity index (χ2v) is 5.50. The van der Waals surface area contributed by atoms with Crippen molar-refractivity contribution in [3.8, 4) is 17.2 Å². The van der Waals surface area contributed by atoms with Crippen molar-refractivity contribution in [2.45, 2.75) is 6.54 Å². The highest BCUT2D eigenvalue weighted by molar-refractivity contribution is 5.83. The van der Waals surface area contributed by atoms with Gasteiger partial charge in [0.05, 0.1) is 12.6 Å². The number of aromatic amines is 1. The smallest absolute Gasteiger partial charge is 0.253 e. The molecule has 0 spiro atoms. The number of pyridine rings is 1. The van der Waals surface area contributed by atoms with Crippen molar-refractivity contribution in [1.29, 1.82) is 0 Å². The third-order valence-electron chi connectivity index (χ3n) is 3.99. The molecule has 2 N–H and O–H groups in total. The van der Waals surface area contributed by atoms with Gasteiger partial charge in [-0.2, -0.15) is 0 Å². The van der Waals surface area contributed by atoms with Crippen molar-refractivity contribution >= 4 is 16.6 Å². The van der Waals surface area contributed by atoms with Gasteiger partial charge in [0.15, 0.2) is 11.5 Å². The Bertz CT molecular complexity index is 948. The van der Waals surface area contributed by atoms with Gasteiger partial charge in [0.2, 0.25) is 6.79 Å². The van der Waals surface area contributed by atoms with Gasteiger partial charge in [-0.1, -0.05) is 0 Å². The fourth-order valence-corrected chi connectivity index (χ4v) is 2.68. The number of aromatic nitrogens is 1. The van der Waals surface area contributed by atoms with Crippen LogP contribution in [-0.4, -0.2) is 18.9 Å². The number of H-pyrrole nitrogens is 1. The Morgan fingerprint density at radius 2 is 1.88 bits per heavy atom. The van der Waals surface area contributed by atoms with E-state index in [0.717, 1.165) is 22.3 Å². The lowest BCUT2D eigenvalue weighted by atomic mass is 10.1. The Balaban J connectivity index is 1.60. The number of methoxy groups -OCH3 is 1. The molecule has 1 aliphatic rings. The van der Waals surface area contributed by atoms with Crippen LogP contribution in [0.25, 0.3) is 10.9 Å². The van der Waals surface area contributed by atoms with Crippen LogP contribution in [0.2, 0.25) is 0 Å². The first-order chi connectivity index (χ1) is 11.7. The molecule has 4 rings (SSSR count). The molecule has 0 saturated heterocycles. The maximum Gasteiger partial charge on any atom is 0.253 e. The zero-order valence-electron chi connectivity index (χ0n) is 13.1. The lowest BCUT2D eigenvalue weighted by Crippen LogP contribution is -2.15. The standard InChI is InChI=1S/C18H16N2O4/c1-22-14-4-2-13(3-5-14)19-9-12-6-11-7-16-17(24-10-23-16)8-15(11)20-18(12)21/h2-8,19H,9-10H2,1H3,(H,20,21). The van der Waals surface area contributed by atoms with Crippen LogP contribution in [0.3, 0.4) is 0 Å². The quantitative estimate of drug-likeness (QED) is 0.772. The Hall–Kier alpha value is -3.15. The van der Waals surface area contributed by atoms with E-state index in [-0.39, 0.29) is 12.4 Å². The minimum absolute atomic E-state index is 0.123. The van der Waals surface area contributed by atoms with Gasteiger partial charge in [-0.25, -0.2) is 0 Å². The third-order valence-corrected chi connectivity index (χ3v) is 3.99. The van der Waals surface area contributed by atoms with E-state index in [0.29, 0.717) is 23.6 Å². The highest BCUT2D eigenvalue weighted by Crippen LogP contribution is 2.35. The molecule has 0 radical (unpaired) electrons. The zero-order valence-corrected chi connectivity index (χ0v) is 13.1. The van der Waals surface area contributed by atoms with Crippen LogP contribution in [0.5, 0.6) is 17.2 Å². The highest BCUT2D eigenvalue weighted by atomic mass is 16.7. The summed E-state index contributed by atoms with van der Waals surface area (Å²) in [6, 6.07) is 13.1. The van der Waals surface area contributed by atoms with Crippen molar-refractivity contribution in [2.24, 2.45) is 0 Å². The topological polar surface area (TPSA) is 72.6 Å². The molecule has 3 aromatic rings. The largest absolute Gasteiger partial charge is 0.497 e. The Morgan fingerprint density at radius 3 is 2.62 bits per heavy atom. The maximum atomic E-state index is 12.3. The number of rotatable bonds is 4. The number of hydrogen-bond donors (Lipinski definition) is 2. The number of ether oxygens (including phenoxy) is 3. The first-order valence-corrected chi connectivity index (χ1v) is 7.56. The maximum absolute atomic E-state index is 12.3. The predicted octanol–water partition coefficient (Wildman–Crippen LogP) is 2.88. The van der Waals surface area contributed by atoms with Crippen molar-refractivity contribution in [3.05, 3.63) is 58.4 Å². The molecule has 6 heteroatoms. The van der Waals surface area contributed by atoms with Crippen LogP contribution >= 0.6 is 0 Å². The van der Waals surface area contributed by atoms with Gasteiger partial charge in [-0.3, -0.25) is 4.79 Å². The summed E-state index contributed by atoms with van der Waals surface area (Å²) >= 11 is 0. The molecule has 0 amide bonds. The van der Waals surface area contributed by atoms with Gasteiger partial charge < -0.3 is 24.5 Å². The summed E-state index contributed by atoms with van der Waals surface area (Å²) in [6.45, 7) is 0.633. The van der Waals surface area contributed by atoms with E-state index in [1.54, 1.807) is 13.2 Å². The molecule has 2 heterocycles. The monoisotopic (exact) mass is 324 g/mol. The van der Waals surface area contributed by atoms with E-state index in [2.05, 4.69) is 10.3 Å². The van der Waals surface area contributed by atoms with E-state index in [4.69, 9.17) is 14.2 Å². The summed E-state index contributed by atoms with van der Waals surface area (Å²) in [5, 5.41) is 4.15. The van der Waals surface area contributed by atoms with Crippen molar-refractivity contribution in [2.75, 3.05) is 19.2 Å². The van der Waals surface area contributed by atoms with E-state index < -0.39 is 0 Å². The Kier molecular flexibility index (Phi) is 3.49. The predicted molar refractivity (Wildman–Crippen MR) is 91.0 cm³/mol. The summed E-state index contributed by atoms with van der Waals surface area (Å²) in [4.78, 5) is 15.2. The van der Waals surface area contributed by atoms with Crippen molar-refractivity contribution in [3.63, 3.8) is 0 Å². The zero-order chi connectivity index (χ0) is 16.5. The molecular weight excluding hydrogens is 308 g/mol. The van der Waals surface area contributed by atoms with Crippen LogP contribution in [0.15, 0.2) is 47.3 Å². The number of hydrogen-bond acceptors (Lipinski definition) is 5. The fourth-order valence-electron chi connectivity index (χ4n) is 2.68. The van der Waals surface area contributed by atoms with Crippen LogP contribution in [0, 0.1) is 0 Å². The van der Waals surface area contributed by atoms with Gasteiger partial charge >= 0.3 is 0 Å². The molecule has 2 aromatic carbocycles. The summed E-state index contributed by atoms with van der Waals surface area (Å²) in [5.74, 6) is 2.14. The SMILES string of the molecule is COc1ccc(NCc2cc3cc4c(cc3[nH]c2=O)OCO4)cc1. The molecule has 0 bridgehead atoms. The van der Waals surface area contributed by atoms with E-state index >= 15 is 0 Å². The summed E-state index contributed by atoms with van der Waals surface area (Å²) < 4.78 is 15.9. The lowest BCUT2D eigenvalue weighted by Gasteiger charge is -2.08. The molecule has 6 nitrogen and oxygen atoms in total. The van der Waals surface area contributed by atoms with Crippen molar-refractivity contribution in [1.82, 2.24) is 4.98 Å². The van der Waals surface area contributed by atoms with Crippen molar-refractivity contribution < 1.29 is 14.2 Å². The average Bonchev–Trinajstić information content (AvgIpc) is 3.05. The third kappa shape index (κ3) is 2.62. The molecule has 0 aliphatic carbocycles. The van der Waals surface area contributed by atoms with Crippen LogP contribution in [-0.2, 0) is 6.54 Å². The van der Waals surface area contributed by atoms with Gasteiger partial charge in [-0.15, -0.1) is 0 Å². The second-order valence-electron chi connectivity index (χ2n) is 5.50. The van der Waals surface area contributed by atoms with E-state index in [9.17, 15) is 4.79 Å². The summed E-state index contributed by atoms with van der Waals surface area (Å²) in [6.07, 6.45) is 0. The Labute approximate surface area is 138 Å². The first kappa shape index (κ1) is 14.4. The van der Waals surface area contributed by atoms with Gasteiger partial charge in [0.1, 0.15) is 5.75 Å². The minimum atomic E-state index is -0.123. The van der Waals surface area contributed by atoms with E-state index in [1.807, 2.05) is 36.4 Å². The van der Waals surface area contributed by atoms with Crippen LogP contribution < -0.4 is 25.1 Å². The molecule has 0 saturated carbocycles. The first-order valence-electron chi connectivity index (χ1n) is 7.56. The summed E-state index contributed by atoms with van der Waals surface area (Å²) in [7, 11) is 1.63. The average molecular weight is 324 g/mol. The molecule has 24 heavy (non-hydrogen) atoms. The minimum Gasteiger partial charge on any atom is -0.497 e. The van der Waals surface area contributed by atoms with E-state index in [1.165, 1.54) is 0 Å². The fraction of sp³-hybridized carbons (Fsp3) is 0.167. The lowest BCUT2D eigenvalue weighted by molar-refractivity contribution is 0.174. The van der Waals surface area contributed by atoms with Gasteiger partial charge in [0.25, 0.3) is 5.56 Å². The number of benzene rings is 2. The molecule has 0 atom stereocenters. The number of anilines is 1. The molecule has 1 aliphatic heterocycles. The van der Waals surface area contributed by atoms with Crippen LogP contribution in [0.4, 0.5) is 5.69 Å². The van der Waals surface area contributed by atoms with Gasteiger partial charge in [-0.05, 0) is 36.4 Å². The number of fused-ring (bicyclic) bond motifs is 2. The van der Waals surface area contributed by atoms with Crippen LogP contribution in [0.1, 0.15) is 5.56 Å². The summed E-state index contributed by atoms with van der Waals surface area (Å²) in [5.41, 5.74) is 2.18. The second kappa shape index (κ2) is 5.81. The molecule has 1 aromatic heterocycles. The molecular formula is C18H16N2O4. The number of nitrogens with one attached hydrogen (secondary N) is 2.